The van der Waals surface area contributed by atoms with Crippen molar-refractivity contribution in [2.45, 2.75) is 180 Å². The largest absolute Gasteiger partial charge is 0.462 e. The van der Waals surface area contributed by atoms with Gasteiger partial charge in [-0.15, -0.1) is 0 Å². The van der Waals surface area contributed by atoms with Gasteiger partial charge in [0.15, 0.2) is 34.4 Å². The number of aryl methyl sites for hydroxylation is 3. The number of rotatable bonds is 33. The molecule has 0 radical (unpaired) electrons. The standard InChI is InChI=1S/C31H33N6O7P.C28H33N6O7P.C24H33N6O7P/c1-19(31(39)41-17-21-9-4-3-5-10-21)36-45(40,43-24-14-8-12-22-11-6-7-13-23(22)24)44-25-15-27(42-26(25)16-38)37-18-33-28-29(32)34-20(2)35-30(28)37;1-17(28(36)38-18(2)20-10-6-4-7-11-20)33-42(37,40-21-12-8-5-9-13-21)41-22-14-24(39-23(22)15-35)34-16-30-25-26(29)31-19(3)32-27(25)34;1-5-14(2)34-24(32)15(3)29-38(33,36-17-9-7-6-8-10-17)37-18-11-20(35-19(18)12-31)30-13-26-21-22(25)27-16(4)28-23(21)30/h3-14,18-19,25-27,38H,15-17H2,1-2H3,(H,36,40)(H2,32,34,35);4-13,16-18,22-24,35H,14-15H2,1-3H3,(H,33,37)(H2,29,31,32);6-10,13-15,18-20,31H,5,11-12H2,1-4H3,(H,29,33)(H2,25,27,28)/t19-,25+,26+,27+,45?;17-,18-,22+,23+,24+,42?;14?,15-,18+,19+,20+,38?/m000/s1. The molecular weight excluding hydrogens is 1680 g/mol. The summed E-state index contributed by atoms with van der Waals surface area (Å²) in [5.41, 5.74) is 22.2. The van der Waals surface area contributed by atoms with Crippen molar-refractivity contribution in [2.24, 2.45) is 0 Å². The van der Waals surface area contributed by atoms with Gasteiger partial charge in [0.2, 0.25) is 0 Å². The van der Waals surface area contributed by atoms with Crippen molar-refractivity contribution in [1.29, 1.82) is 0 Å². The van der Waals surface area contributed by atoms with Gasteiger partial charge in [0, 0.05) is 24.6 Å². The number of anilines is 3. The molecule has 9 heterocycles. The first-order valence-electron chi connectivity index (χ1n) is 40.2. The molecule has 662 valence electrons. The number of esters is 3. The van der Waals surface area contributed by atoms with Crippen molar-refractivity contribution in [3.63, 3.8) is 0 Å². The molecule has 15 rings (SSSR count). The highest BCUT2D eigenvalue weighted by Gasteiger charge is 2.48. The van der Waals surface area contributed by atoms with E-state index in [2.05, 4.69) is 60.1 Å². The number of carbonyl (C=O) groups excluding carboxylic acids is 3. The second-order valence-electron chi connectivity index (χ2n) is 29.7. The fourth-order valence-corrected chi connectivity index (χ4v) is 19.0. The Labute approximate surface area is 718 Å². The maximum absolute atomic E-state index is 14.6. The molecular formula is C83H99N18O21P3. The molecule has 42 heteroatoms. The van der Waals surface area contributed by atoms with E-state index in [1.807, 2.05) is 97.9 Å². The van der Waals surface area contributed by atoms with Gasteiger partial charge in [-0.3, -0.25) is 41.7 Å². The number of nitrogens with one attached hydrogen (secondary N) is 3. The van der Waals surface area contributed by atoms with Crippen LogP contribution in [0.5, 0.6) is 17.2 Å². The number of nitrogens with two attached hydrogens (primary N) is 3. The minimum Gasteiger partial charge on any atom is -0.462 e. The number of ether oxygens (including phenoxy) is 6. The summed E-state index contributed by atoms with van der Waals surface area (Å²) in [7, 11) is -12.8. The Bertz CT molecular complexity index is 5850. The number of nitrogen functional groups attached to an aromatic ring is 3. The van der Waals surface area contributed by atoms with Crippen molar-refractivity contribution < 1.29 is 99.0 Å². The van der Waals surface area contributed by atoms with Gasteiger partial charge in [-0.25, -0.2) is 58.6 Å². The van der Waals surface area contributed by atoms with Gasteiger partial charge in [0.05, 0.1) is 44.9 Å². The van der Waals surface area contributed by atoms with Crippen molar-refractivity contribution in [1.82, 2.24) is 73.8 Å². The van der Waals surface area contributed by atoms with E-state index in [4.69, 9.17) is 72.8 Å². The van der Waals surface area contributed by atoms with E-state index in [1.54, 1.807) is 121 Å². The smallest absolute Gasteiger partial charge is 0.459 e. The van der Waals surface area contributed by atoms with E-state index in [1.165, 1.54) is 39.8 Å². The molecule has 12 aromatic rings. The molecule has 125 heavy (non-hydrogen) atoms. The highest BCUT2D eigenvalue weighted by Crippen LogP contribution is 2.54. The number of carbonyl (C=O) groups is 3. The number of aliphatic hydroxyl groups is 3. The minimum absolute atomic E-state index is 0.0399. The Balaban J connectivity index is 0.000000162. The number of aliphatic hydroxyl groups excluding tert-OH is 3. The fourth-order valence-electron chi connectivity index (χ4n) is 13.8. The van der Waals surface area contributed by atoms with Crippen LogP contribution in [0.4, 0.5) is 17.5 Å². The lowest BCUT2D eigenvalue weighted by molar-refractivity contribution is -0.151. The van der Waals surface area contributed by atoms with Crippen molar-refractivity contribution >= 4 is 103 Å². The molecule has 4 unspecified atom stereocenters. The van der Waals surface area contributed by atoms with Gasteiger partial charge in [-0.2, -0.15) is 15.3 Å². The van der Waals surface area contributed by atoms with Gasteiger partial charge in [0.1, 0.15) is 137 Å². The first-order valence-corrected chi connectivity index (χ1v) is 44.8. The summed E-state index contributed by atoms with van der Waals surface area (Å²) in [6.07, 6.45) is -2.50. The third-order valence-electron chi connectivity index (χ3n) is 20.2. The number of benzene rings is 6. The van der Waals surface area contributed by atoms with Crippen LogP contribution in [0, 0.1) is 20.8 Å². The van der Waals surface area contributed by atoms with Crippen LogP contribution in [0.2, 0.25) is 0 Å². The van der Waals surface area contributed by atoms with Crippen LogP contribution in [0.25, 0.3) is 44.3 Å². The third kappa shape index (κ3) is 22.7. The van der Waals surface area contributed by atoms with Gasteiger partial charge in [-0.1, -0.05) is 140 Å². The third-order valence-corrected chi connectivity index (χ3v) is 25.3. The van der Waals surface area contributed by atoms with Crippen LogP contribution >= 0.6 is 23.2 Å². The Morgan fingerprint density at radius 3 is 1.23 bits per heavy atom. The van der Waals surface area contributed by atoms with Crippen LogP contribution in [-0.4, -0.2) is 172 Å². The monoisotopic (exact) mass is 1780 g/mol. The number of imidazole rings is 3. The van der Waals surface area contributed by atoms with Crippen LogP contribution < -0.4 is 46.0 Å². The van der Waals surface area contributed by atoms with Crippen molar-refractivity contribution in [2.75, 3.05) is 37.0 Å². The molecule has 6 aromatic heterocycles. The molecule has 3 aliphatic heterocycles. The van der Waals surface area contributed by atoms with Crippen molar-refractivity contribution in [3.8, 4) is 17.2 Å². The molecule has 3 fully saturated rings. The van der Waals surface area contributed by atoms with E-state index in [9.17, 15) is 43.4 Å². The zero-order valence-corrected chi connectivity index (χ0v) is 72.4. The van der Waals surface area contributed by atoms with E-state index in [-0.39, 0.29) is 66.7 Å². The molecule has 0 spiro atoms. The van der Waals surface area contributed by atoms with Crippen LogP contribution in [0.3, 0.4) is 0 Å². The molecule has 6 aromatic carbocycles. The van der Waals surface area contributed by atoms with E-state index >= 15 is 0 Å². The summed E-state index contributed by atoms with van der Waals surface area (Å²) in [4.78, 5) is 77.2. The quantitative estimate of drug-likeness (QED) is 0.0105. The molecule has 0 aliphatic carbocycles. The molecule has 12 N–H and O–H groups in total. The van der Waals surface area contributed by atoms with Gasteiger partial charge >= 0.3 is 41.1 Å². The average molecular weight is 1780 g/mol. The number of hydrogen-bond acceptors (Lipinski definition) is 33. The van der Waals surface area contributed by atoms with Gasteiger partial charge in [0.25, 0.3) is 0 Å². The zero-order valence-electron chi connectivity index (χ0n) is 69.7. The summed E-state index contributed by atoms with van der Waals surface area (Å²) in [6.45, 7) is 13.8. The van der Waals surface area contributed by atoms with Crippen molar-refractivity contribution in [3.05, 3.63) is 211 Å². The summed E-state index contributed by atoms with van der Waals surface area (Å²) in [5, 5.41) is 40.1. The average Bonchev–Trinajstić information content (AvgIpc) is 1.65. The van der Waals surface area contributed by atoms with E-state index in [0.29, 0.717) is 62.8 Å². The zero-order chi connectivity index (χ0) is 88.9. The first-order chi connectivity index (χ1) is 60.0. The molecule has 17 atom stereocenters. The van der Waals surface area contributed by atoms with E-state index in [0.717, 1.165) is 16.5 Å². The second kappa shape index (κ2) is 40.7. The highest BCUT2D eigenvalue weighted by atomic mass is 31.2. The molecule has 3 saturated heterocycles. The Kier molecular flexibility index (Phi) is 29.8. The van der Waals surface area contributed by atoms with Gasteiger partial charge in [-0.05, 0) is 109 Å². The van der Waals surface area contributed by atoms with Crippen LogP contribution in [0.1, 0.15) is 121 Å². The number of para-hydroxylation sites is 2. The number of hydrogen-bond donors (Lipinski definition) is 9. The lowest BCUT2D eigenvalue weighted by Crippen LogP contribution is -2.38. The lowest BCUT2D eigenvalue weighted by atomic mass is 10.1. The van der Waals surface area contributed by atoms with E-state index < -0.39 is 141 Å². The molecule has 3 aliphatic rings. The summed E-state index contributed by atoms with van der Waals surface area (Å²) >= 11 is 0. The molecule has 0 bridgehead atoms. The maximum Gasteiger partial charge on any atom is 0.459 e. The SMILES string of the molecule is CCC(C)OC(=O)[C@H](C)NP(=O)(Oc1ccccc1)O[C@@H]1C[C@H](n2cnc3c(N)nc(C)nc32)O[C@@H]1CO.Cc1nc(N)c2ncn([C@H]3C[C@@H](OP(=O)(N[C@@H](C)C(=O)OCc4ccccc4)Oc4cccc5ccccc45)[C@@H](CO)O3)c2n1.Cc1nc(N)c2ncn([C@H]3C[C@@H](OP(=O)(N[C@@H](C)C(=O)O[C@@H](C)c4ccccc4)Oc4ccccc4)[C@@H](CO)O3)c2n1. The van der Waals surface area contributed by atoms with Crippen LogP contribution in [-0.2, 0) is 76.7 Å². The predicted molar refractivity (Wildman–Crippen MR) is 457 cm³/mol. The second-order valence-corrected chi connectivity index (χ2v) is 34.6. The number of fused-ring (bicyclic) bond motifs is 4. The fraction of sp³-hybridized carbons (Fsp3) is 0.373. The summed E-state index contributed by atoms with van der Waals surface area (Å²) in [5.74, 6) is 0.975. The lowest BCUT2D eigenvalue weighted by Gasteiger charge is -2.27. The summed E-state index contributed by atoms with van der Waals surface area (Å²) < 4.78 is 118. The normalized spacial score (nSPS) is 21.4. The van der Waals surface area contributed by atoms with Crippen LogP contribution in [0.15, 0.2) is 183 Å². The maximum atomic E-state index is 14.6. The summed E-state index contributed by atoms with van der Waals surface area (Å²) in [6, 6.07) is 44.9. The Morgan fingerprint density at radius 1 is 0.464 bits per heavy atom. The Morgan fingerprint density at radius 2 is 0.824 bits per heavy atom. The topological polar surface area (TPSA) is 519 Å². The molecule has 39 nitrogen and oxygen atoms in total. The minimum atomic E-state index is -4.33. The molecule has 0 saturated carbocycles. The first kappa shape index (κ1) is 91.3. The Hall–Kier alpha value is -11.4. The number of nitrogens with zero attached hydrogens (tertiary/aromatic N) is 12. The predicted octanol–water partition coefficient (Wildman–Crippen LogP) is 11.2. The number of aromatic nitrogens is 12. The molecule has 0 amide bonds. The van der Waals surface area contributed by atoms with Gasteiger partial charge < -0.3 is 74.5 Å². The highest BCUT2D eigenvalue weighted by molar-refractivity contribution is 7.52.